The van der Waals surface area contributed by atoms with Gasteiger partial charge in [-0.1, -0.05) is 0 Å². The first-order valence-electron chi connectivity index (χ1n) is 5.99. The molecule has 0 aromatic carbocycles. The van der Waals surface area contributed by atoms with Crippen LogP contribution in [0.1, 0.15) is 19.8 Å². The fourth-order valence-electron chi connectivity index (χ4n) is 2.38. The van der Waals surface area contributed by atoms with Crippen molar-refractivity contribution in [3.05, 3.63) is 0 Å². The largest absolute Gasteiger partial charge is 0.353 e. The molecular weight excluding hydrogens is 206 g/mol. The van der Waals surface area contributed by atoms with Crippen molar-refractivity contribution in [3.63, 3.8) is 0 Å². The van der Waals surface area contributed by atoms with Gasteiger partial charge in [-0.05, 0) is 26.3 Å². The van der Waals surface area contributed by atoms with Crippen molar-refractivity contribution in [3.8, 4) is 0 Å². The average Bonchev–Trinajstić information content (AvgIpc) is 2.33. The molecule has 0 saturated carbocycles. The molecule has 2 aliphatic heterocycles. The minimum absolute atomic E-state index is 0.0385. The van der Waals surface area contributed by atoms with E-state index in [0.29, 0.717) is 13.1 Å². The van der Waals surface area contributed by atoms with Gasteiger partial charge in [0.05, 0.1) is 5.92 Å². The molecule has 0 aromatic rings. The Morgan fingerprint density at radius 1 is 1.44 bits per heavy atom. The van der Waals surface area contributed by atoms with Crippen LogP contribution in [0.3, 0.4) is 0 Å². The van der Waals surface area contributed by atoms with Crippen LogP contribution in [0.2, 0.25) is 0 Å². The van der Waals surface area contributed by atoms with Gasteiger partial charge in [0, 0.05) is 19.6 Å². The fourth-order valence-corrected chi connectivity index (χ4v) is 2.38. The van der Waals surface area contributed by atoms with Gasteiger partial charge in [-0.25, -0.2) is 0 Å². The summed E-state index contributed by atoms with van der Waals surface area (Å²) in [6.07, 6.45) is 1.99. The highest BCUT2D eigenvalue weighted by molar-refractivity contribution is 5.89. The Hall–Kier alpha value is -1.10. The van der Waals surface area contributed by atoms with Crippen molar-refractivity contribution >= 4 is 11.8 Å². The van der Waals surface area contributed by atoms with E-state index in [9.17, 15) is 9.59 Å². The summed E-state index contributed by atoms with van der Waals surface area (Å²) in [7, 11) is 0. The van der Waals surface area contributed by atoms with Gasteiger partial charge in [-0.2, -0.15) is 0 Å². The highest BCUT2D eigenvalue weighted by atomic mass is 16.2. The van der Waals surface area contributed by atoms with Gasteiger partial charge in [-0.3, -0.25) is 9.59 Å². The number of piperazine rings is 1. The lowest BCUT2D eigenvalue weighted by Crippen LogP contribution is -2.58. The smallest absolute Gasteiger partial charge is 0.242 e. The monoisotopic (exact) mass is 225 g/mol. The quantitative estimate of drug-likeness (QED) is 0.622. The summed E-state index contributed by atoms with van der Waals surface area (Å²) in [5.74, 6) is 0.153. The molecule has 2 amide bonds. The van der Waals surface area contributed by atoms with Gasteiger partial charge in [0.15, 0.2) is 0 Å². The molecule has 0 aliphatic carbocycles. The maximum atomic E-state index is 12.2. The van der Waals surface area contributed by atoms with Crippen LogP contribution >= 0.6 is 0 Å². The number of nitrogens with one attached hydrogen (secondary N) is 2. The van der Waals surface area contributed by atoms with Crippen LogP contribution in [0.25, 0.3) is 0 Å². The normalized spacial score (nSPS) is 31.1. The van der Waals surface area contributed by atoms with Crippen molar-refractivity contribution in [1.82, 2.24) is 15.5 Å². The van der Waals surface area contributed by atoms with E-state index in [1.54, 1.807) is 11.8 Å². The molecule has 1 unspecified atom stereocenters. The number of carbonyl (C=O) groups excluding carboxylic acids is 2. The number of rotatable bonds is 1. The van der Waals surface area contributed by atoms with E-state index in [0.717, 1.165) is 25.9 Å². The fraction of sp³-hybridized carbons (Fsp3) is 0.818. The third kappa shape index (κ3) is 2.19. The second kappa shape index (κ2) is 4.82. The first-order chi connectivity index (χ1) is 7.70. The summed E-state index contributed by atoms with van der Waals surface area (Å²) in [5, 5.41) is 6.00. The number of hydrogen-bond acceptors (Lipinski definition) is 3. The van der Waals surface area contributed by atoms with Crippen molar-refractivity contribution < 1.29 is 9.59 Å². The van der Waals surface area contributed by atoms with Gasteiger partial charge in [-0.15, -0.1) is 0 Å². The molecule has 5 nitrogen and oxygen atoms in total. The van der Waals surface area contributed by atoms with E-state index in [1.807, 2.05) is 0 Å². The van der Waals surface area contributed by atoms with Gasteiger partial charge in [0.2, 0.25) is 11.8 Å². The molecule has 2 atom stereocenters. The van der Waals surface area contributed by atoms with Crippen LogP contribution in [-0.2, 0) is 9.59 Å². The molecule has 0 spiro atoms. The summed E-state index contributed by atoms with van der Waals surface area (Å²) >= 11 is 0. The van der Waals surface area contributed by atoms with E-state index in [-0.39, 0.29) is 23.8 Å². The first kappa shape index (κ1) is 11.4. The van der Waals surface area contributed by atoms with E-state index in [1.165, 1.54) is 0 Å². The number of piperidine rings is 1. The van der Waals surface area contributed by atoms with Gasteiger partial charge < -0.3 is 15.5 Å². The molecule has 90 valence electrons. The van der Waals surface area contributed by atoms with Crippen LogP contribution in [0.4, 0.5) is 0 Å². The average molecular weight is 225 g/mol. The summed E-state index contributed by atoms with van der Waals surface area (Å²) in [6.45, 7) is 4.77. The number of hydrogen-bond donors (Lipinski definition) is 2. The number of nitrogens with zero attached hydrogens (tertiary/aromatic N) is 1. The molecule has 2 heterocycles. The zero-order valence-corrected chi connectivity index (χ0v) is 9.66. The second-order valence-corrected chi connectivity index (χ2v) is 4.54. The molecule has 2 N–H and O–H groups in total. The minimum atomic E-state index is -0.317. The Morgan fingerprint density at radius 3 is 2.94 bits per heavy atom. The summed E-state index contributed by atoms with van der Waals surface area (Å²) in [4.78, 5) is 25.4. The zero-order valence-electron chi connectivity index (χ0n) is 9.66. The molecule has 2 fully saturated rings. The Labute approximate surface area is 95.6 Å². The van der Waals surface area contributed by atoms with Gasteiger partial charge in [0.25, 0.3) is 0 Å². The Morgan fingerprint density at radius 2 is 2.25 bits per heavy atom. The Kier molecular flexibility index (Phi) is 3.43. The molecule has 2 aliphatic rings. The molecular formula is C11H19N3O2. The number of amides is 2. The first-order valence-corrected chi connectivity index (χ1v) is 5.99. The van der Waals surface area contributed by atoms with Crippen molar-refractivity contribution in [1.29, 1.82) is 0 Å². The molecule has 0 radical (unpaired) electrons. The molecule has 0 bridgehead atoms. The van der Waals surface area contributed by atoms with Gasteiger partial charge in [0.1, 0.15) is 6.04 Å². The van der Waals surface area contributed by atoms with Crippen LogP contribution in [0.15, 0.2) is 0 Å². The predicted molar refractivity (Wildman–Crippen MR) is 59.8 cm³/mol. The zero-order chi connectivity index (χ0) is 11.5. The second-order valence-electron chi connectivity index (χ2n) is 4.54. The van der Waals surface area contributed by atoms with Crippen molar-refractivity contribution in [2.75, 3.05) is 26.2 Å². The lowest BCUT2D eigenvalue weighted by Gasteiger charge is -2.36. The highest BCUT2D eigenvalue weighted by Crippen LogP contribution is 2.16. The SMILES string of the molecule is CC1C(=O)NCCN1C(=O)[C@@H]1CCCNC1. The maximum absolute atomic E-state index is 12.2. The van der Waals surface area contributed by atoms with Crippen molar-refractivity contribution in [2.45, 2.75) is 25.8 Å². The van der Waals surface area contributed by atoms with Crippen LogP contribution in [0, 0.1) is 5.92 Å². The summed E-state index contributed by atoms with van der Waals surface area (Å²) in [6, 6.07) is -0.317. The van der Waals surface area contributed by atoms with Gasteiger partial charge >= 0.3 is 0 Å². The van der Waals surface area contributed by atoms with E-state index < -0.39 is 0 Å². The van der Waals surface area contributed by atoms with E-state index in [4.69, 9.17) is 0 Å². The van der Waals surface area contributed by atoms with Crippen LogP contribution in [-0.4, -0.2) is 48.9 Å². The minimum Gasteiger partial charge on any atom is -0.353 e. The topological polar surface area (TPSA) is 61.4 Å². The lowest BCUT2D eigenvalue weighted by molar-refractivity contribution is -0.145. The maximum Gasteiger partial charge on any atom is 0.242 e. The molecule has 2 rings (SSSR count). The molecule has 16 heavy (non-hydrogen) atoms. The third-order valence-electron chi connectivity index (χ3n) is 3.43. The lowest BCUT2D eigenvalue weighted by atomic mass is 9.97. The number of carbonyl (C=O) groups is 2. The molecule has 5 heteroatoms. The van der Waals surface area contributed by atoms with Crippen molar-refractivity contribution in [2.24, 2.45) is 5.92 Å². The van der Waals surface area contributed by atoms with E-state index in [2.05, 4.69) is 10.6 Å². The standard InChI is InChI=1S/C11H19N3O2/c1-8-10(15)13-5-6-14(8)11(16)9-3-2-4-12-7-9/h8-9,12H,2-7H2,1H3,(H,13,15)/t8?,9-/m1/s1. The molecule has 0 aromatic heterocycles. The summed E-state index contributed by atoms with van der Waals surface area (Å²) < 4.78 is 0. The molecule has 2 saturated heterocycles. The predicted octanol–water partition coefficient (Wildman–Crippen LogP) is -0.667. The summed E-state index contributed by atoms with van der Waals surface area (Å²) in [5.41, 5.74) is 0. The van der Waals surface area contributed by atoms with Crippen LogP contribution < -0.4 is 10.6 Å². The Balaban J connectivity index is 1.99. The third-order valence-corrected chi connectivity index (χ3v) is 3.43. The van der Waals surface area contributed by atoms with Crippen LogP contribution in [0.5, 0.6) is 0 Å². The highest BCUT2D eigenvalue weighted by Gasteiger charge is 2.33. The van der Waals surface area contributed by atoms with E-state index >= 15 is 0 Å². The Bertz CT molecular complexity index is 287.